The molecular weight excluding hydrogens is 376 g/mol. The minimum Gasteiger partial charge on any atom is -0.310 e. The summed E-state index contributed by atoms with van der Waals surface area (Å²) in [5, 5.41) is 4.36. The third kappa shape index (κ3) is 4.19. The highest BCUT2D eigenvalue weighted by atomic mass is 79.9. The lowest BCUT2D eigenvalue weighted by Gasteiger charge is -2.20. The molecule has 2 aromatic rings. The average Bonchev–Trinajstić information content (AvgIpc) is 2.45. The molecule has 0 aromatic heterocycles. The third-order valence-electron chi connectivity index (χ3n) is 3.24. The quantitative estimate of drug-likeness (QED) is 0.681. The zero-order valence-electron chi connectivity index (χ0n) is 11.5. The summed E-state index contributed by atoms with van der Waals surface area (Å²) < 4.78 is 14.8. The van der Waals surface area contributed by atoms with E-state index in [0.717, 1.165) is 16.6 Å². The van der Waals surface area contributed by atoms with Gasteiger partial charge in [0.15, 0.2) is 0 Å². The minimum absolute atomic E-state index is 0.0926. The molecular formula is C16H15BrCl2FN. The van der Waals surface area contributed by atoms with Crippen molar-refractivity contribution in [2.45, 2.75) is 19.4 Å². The standard InChI is InChI=1S/C16H15BrCl2FN/c1-2-21-15(12-4-3-5-13(18)16(12)19)9-10-8-11(17)6-7-14(10)20/h3-8,15,21H,2,9H2,1H3. The first-order valence-electron chi connectivity index (χ1n) is 6.64. The maximum atomic E-state index is 14.0. The Morgan fingerprint density at radius 2 is 2.00 bits per heavy atom. The predicted molar refractivity (Wildman–Crippen MR) is 90.7 cm³/mol. The van der Waals surface area contributed by atoms with Gasteiger partial charge in [0.1, 0.15) is 5.82 Å². The van der Waals surface area contributed by atoms with E-state index in [2.05, 4.69) is 21.2 Å². The number of hydrogen-bond acceptors (Lipinski definition) is 1. The van der Waals surface area contributed by atoms with Crippen molar-refractivity contribution in [2.75, 3.05) is 6.54 Å². The molecule has 0 aliphatic rings. The summed E-state index contributed by atoms with van der Waals surface area (Å²) in [5.74, 6) is -0.223. The molecule has 0 spiro atoms. The Bertz CT molecular complexity index is 634. The number of likely N-dealkylation sites (N-methyl/N-ethyl adjacent to an activating group) is 1. The highest BCUT2D eigenvalue weighted by Gasteiger charge is 2.18. The van der Waals surface area contributed by atoms with Gasteiger partial charge in [-0.3, -0.25) is 0 Å². The van der Waals surface area contributed by atoms with Crippen molar-refractivity contribution in [1.82, 2.24) is 5.32 Å². The fourth-order valence-corrected chi connectivity index (χ4v) is 3.10. The van der Waals surface area contributed by atoms with Gasteiger partial charge in [-0.25, -0.2) is 4.39 Å². The monoisotopic (exact) mass is 389 g/mol. The molecule has 0 saturated heterocycles. The molecule has 0 fully saturated rings. The van der Waals surface area contributed by atoms with E-state index in [1.165, 1.54) is 6.07 Å². The molecule has 0 aliphatic heterocycles. The van der Waals surface area contributed by atoms with Crippen LogP contribution >= 0.6 is 39.1 Å². The Kier molecular flexibility index (Phi) is 6.06. The average molecular weight is 391 g/mol. The first kappa shape index (κ1) is 16.8. The van der Waals surface area contributed by atoms with Crippen LogP contribution in [0.5, 0.6) is 0 Å². The summed E-state index contributed by atoms with van der Waals surface area (Å²) >= 11 is 15.7. The van der Waals surface area contributed by atoms with Crippen molar-refractivity contribution in [3.8, 4) is 0 Å². The number of benzene rings is 2. The Labute approximate surface area is 142 Å². The summed E-state index contributed by atoms with van der Waals surface area (Å²) in [5.41, 5.74) is 1.51. The highest BCUT2D eigenvalue weighted by Crippen LogP contribution is 2.32. The predicted octanol–water partition coefficient (Wildman–Crippen LogP) is 5.79. The maximum absolute atomic E-state index is 14.0. The van der Waals surface area contributed by atoms with E-state index in [4.69, 9.17) is 23.2 Å². The van der Waals surface area contributed by atoms with E-state index in [9.17, 15) is 4.39 Å². The van der Waals surface area contributed by atoms with Crippen LogP contribution in [0.15, 0.2) is 40.9 Å². The third-order valence-corrected chi connectivity index (χ3v) is 4.57. The second-order valence-corrected chi connectivity index (χ2v) is 6.39. The van der Waals surface area contributed by atoms with Crippen LogP contribution in [0.1, 0.15) is 24.1 Å². The second kappa shape index (κ2) is 7.59. The van der Waals surface area contributed by atoms with Gasteiger partial charge >= 0.3 is 0 Å². The molecule has 0 bridgehead atoms. The van der Waals surface area contributed by atoms with E-state index in [-0.39, 0.29) is 11.9 Å². The Balaban J connectivity index is 2.35. The van der Waals surface area contributed by atoms with Crippen LogP contribution < -0.4 is 5.32 Å². The number of rotatable bonds is 5. The van der Waals surface area contributed by atoms with Crippen LogP contribution in [0.2, 0.25) is 10.0 Å². The molecule has 0 saturated carbocycles. The van der Waals surface area contributed by atoms with Crippen LogP contribution in [-0.2, 0) is 6.42 Å². The lowest BCUT2D eigenvalue weighted by molar-refractivity contribution is 0.528. The fraction of sp³-hybridized carbons (Fsp3) is 0.250. The van der Waals surface area contributed by atoms with Gasteiger partial charge in [0, 0.05) is 10.5 Å². The van der Waals surface area contributed by atoms with Gasteiger partial charge < -0.3 is 5.32 Å². The normalized spacial score (nSPS) is 12.4. The van der Waals surface area contributed by atoms with Gasteiger partial charge in [-0.2, -0.15) is 0 Å². The van der Waals surface area contributed by atoms with E-state index < -0.39 is 0 Å². The fourth-order valence-electron chi connectivity index (χ4n) is 2.25. The molecule has 112 valence electrons. The maximum Gasteiger partial charge on any atom is 0.126 e. The van der Waals surface area contributed by atoms with Crippen LogP contribution in [0.3, 0.4) is 0 Å². The lowest BCUT2D eigenvalue weighted by Crippen LogP contribution is -2.23. The molecule has 5 heteroatoms. The lowest BCUT2D eigenvalue weighted by atomic mass is 9.98. The van der Waals surface area contributed by atoms with Crippen molar-refractivity contribution in [1.29, 1.82) is 0 Å². The molecule has 21 heavy (non-hydrogen) atoms. The topological polar surface area (TPSA) is 12.0 Å². The van der Waals surface area contributed by atoms with Crippen molar-refractivity contribution >= 4 is 39.1 Å². The minimum atomic E-state index is -0.223. The van der Waals surface area contributed by atoms with Crippen molar-refractivity contribution in [3.05, 3.63) is 67.9 Å². The van der Waals surface area contributed by atoms with Crippen molar-refractivity contribution in [3.63, 3.8) is 0 Å². The molecule has 2 rings (SSSR count). The van der Waals surface area contributed by atoms with Crippen LogP contribution in [-0.4, -0.2) is 6.54 Å². The largest absolute Gasteiger partial charge is 0.310 e. The molecule has 1 N–H and O–H groups in total. The number of halogens is 4. The summed E-state index contributed by atoms with van der Waals surface area (Å²) in [6.07, 6.45) is 0.499. The van der Waals surface area contributed by atoms with E-state index in [0.29, 0.717) is 22.0 Å². The molecule has 0 aliphatic carbocycles. The summed E-state index contributed by atoms with van der Waals surface area (Å²) in [4.78, 5) is 0. The SMILES string of the molecule is CCNC(Cc1cc(Br)ccc1F)c1cccc(Cl)c1Cl. The zero-order valence-corrected chi connectivity index (χ0v) is 14.6. The number of nitrogens with one attached hydrogen (secondary N) is 1. The molecule has 2 aromatic carbocycles. The smallest absolute Gasteiger partial charge is 0.126 e. The van der Waals surface area contributed by atoms with E-state index >= 15 is 0 Å². The highest BCUT2D eigenvalue weighted by molar-refractivity contribution is 9.10. The van der Waals surface area contributed by atoms with Crippen LogP contribution in [0, 0.1) is 5.82 Å². The summed E-state index contributed by atoms with van der Waals surface area (Å²) in [7, 11) is 0. The zero-order chi connectivity index (χ0) is 15.4. The molecule has 0 heterocycles. The Hall–Kier alpha value is -0.610. The molecule has 1 atom stereocenters. The Morgan fingerprint density at radius 1 is 1.24 bits per heavy atom. The van der Waals surface area contributed by atoms with Gasteiger partial charge in [0.25, 0.3) is 0 Å². The van der Waals surface area contributed by atoms with Crippen LogP contribution in [0.25, 0.3) is 0 Å². The van der Waals surface area contributed by atoms with E-state index in [1.807, 2.05) is 19.1 Å². The number of hydrogen-bond donors (Lipinski definition) is 1. The molecule has 1 nitrogen and oxygen atoms in total. The van der Waals surface area contributed by atoms with Gasteiger partial charge in [0.05, 0.1) is 10.0 Å². The first-order chi connectivity index (χ1) is 10.0. The second-order valence-electron chi connectivity index (χ2n) is 4.69. The molecule has 0 radical (unpaired) electrons. The first-order valence-corrected chi connectivity index (χ1v) is 8.19. The van der Waals surface area contributed by atoms with Crippen molar-refractivity contribution < 1.29 is 4.39 Å². The summed E-state index contributed by atoms with van der Waals surface area (Å²) in [6.45, 7) is 2.76. The van der Waals surface area contributed by atoms with E-state index in [1.54, 1.807) is 18.2 Å². The Morgan fingerprint density at radius 3 is 2.71 bits per heavy atom. The van der Waals surface area contributed by atoms with Gasteiger partial charge in [-0.05, 0) is 48.4 Å². The van der Waals surface area contributed by atoms with Gasteiger partial charge in [0.2, 0.25) is 0 Å². The molecule has 1 unspecified atom stereocenters. The van der Waals surface area contributed by atoms with Gasteiger partial charge in [-0.15, -0.1) is 0 Å². The molecule has 0 amide bonds. The summed E-state index contributed by atoms with van der Waals surface area (Å²) in [6, 6.07) is 10.4. The van der Waals surface area contributed by atoms with Crippen LogP contribution in [0.4, 0.5) is 4.39 Å². The van der Waals surface area contributed by atoms with Gasteiger partial charge in [-0.1, -0.05) is 58.2 Å². The van der Waals surface area contributed by atoms with Crippen molar-refractivity contribution in [2.24, 2.45) is 0 Å².